The Morgan fingerprint density at radius 3 is 2.63 bits per heavy atom. The van der Waals surface area contributed by atoms with E-state index in [9.17, 15) is 9.59 Å². The first-order chi connectivity index (χ1) is 18.4. The first kappa shape index (κ1) is 24.6. The minimum Gasteiger partial charge on any atom is -0.289 e. The Kier molecular flexibility index (Phi) is 6.19. The summed E-state index contributed by atoms with van der Waals surface area (Å²) in [6.45, 7) is 2.54. The van der Waals surface area contributed by atoms with Crippen LogP contribution in [0.5, 0.6) is 0 Å². The molecule has 7 heteroatoms. The van der Waals surface area contributed by atoms with E-state index in [0.29, 0.717) is 18.5 Å². The molecule has 1 saturated carbocycles. The van der Waals surface area contributed by atoms with Crippen molar-refractivity contribution >= 4 is 23.6 Å². The second kappa shape index (κ2) is 9.55. The van der Waals surface area contributed by atoms with Crippen molar-refractivity contribution < 1.29 is 9.63 Å². The smallest absolute Gasteiger partial charge is 0.289 e. The van der Waals surface area contributed by atoms with E-state index >= 15 is 0 Å². The highest BCUT2D eigenvalue weighted by Gasteiger charge is 2.46. The summed E-state index contributed by atoms with van der Waals surface area (Å²) in [7, 11) is 3.14. The molecule has 1 amide bonds. The lowest BCUT2D eigenvalue weighted by atomic mass is 9.75. The van der Waals surface area contributed by atoms with E-state index in [0.717, 1.165) is 53.8 Å². The van der Waals surface area contributed by atoms with Crippen molar-refractivity contribution in [3.8, 4) is 0 Å². The van der Waals surface area contributed by atoms with Crippen molar-refractivity contribution in [3.05, 3.63) is 92.9 Å². The number of rotatable bonds is 5. The van der Waals surface area contributed by atoms with E-state index in [1.165, 1.54) is 24.2 Å². The Labute approximate surface area is 223 Å². The minimum atomic E-state index is -0.556. The number of imidazole rings is 1. The molecule has 2 aromatic heterocycles. The fourth-order valence-electron chi connectivity index (χ4n) is 6.58. The van der Waals surface area contributed by atoms with Gasteiger partial charge in [0.2, 0.25) is 0 Å². The van der Waals surface area contributed by atoms with E-state index in [4.69, 9.17) is 4.84 Å². The Hall–Kier alpha value is -3.71. The highest BCUT2D eigenvalue weighted by atomic mass is 16.7. The van der Waals surface area contributed by atoms with Crippen LogP contribution in [-0.4, -0.2) is 39.2 Å². The Balaban J connectivity index is 1.65. The van der Waals surface area contributed by atoms with Gasteiger partial charge in [-0.2, -0.15) is 0 Å². The molecular weight excluding hydrogens is 476 g/mol. The molecule has 7 nitrogen and oxygen atoms in total. The van der Waals surface area contributed by atoms with Crippen molar-refractivity contribution in [1.29, 1.82) is 0 Å². The highest BCUT2D eigenvalue weighted by Crippen LogP contribution is 2.54. The zero-order valence-corrected chi connectivity index (χ0v) is 22.3. The van der Waals surface area contributed by atoms with Crippen LogP contribution in [0.4, 0.5) is 0 Å². The number of allylic oxidation sites excluding steroid dienone is 1. The van der Waals surface area contributed by atoms with Crippen molar-refractivity contribution in [3.63, 3.8) is 0 Å². The summed E-state index contributed by atoms with van der Waals surface area (Å²) in [4.78, 5) is 37.7. The van der Waals surface area contributed by atoms with Gasteiger partial charge < -0.3 is 0 Å². The molecule has 1 fully saturated rings. The number of carbonyl (C=O) groups is 1. The standard InChI is InChI=1S/C31H34N4O3/c1-31-18-22-11-7-8-14-24(22)25(31)16-28-27(17-26(31)29(36)33(2)38-3)34(20-21-10-9-15-32-19-21)30(37)35(28)23-12-5-4-6-13-23/h7-11,14-17,19,23H,4-6,12-13,18,20H2,1-3H3/t31-/m0/s1. The number of carbonyl (C=O) groups excluding carboxylic acids is 1. The van der Waals surface area contributed by atoms with Crippen molar-refractivity contribution in [2.45, 2.75) is 58.0 Å². The molecule has 2 heterocycles. The van der Waals surface area contributed by atoms with Gasteiger partial charge in [0.15, 0.2) is 0 Å². The molecule has 1 atom stereocenters. The molecule has 1 aromatic carbocycles. The Morgan fingerprint density at radius 2 is 1.89 bits per heavy atom. The molecule has 0 N–H and O–H groups in total. The quantitative estimate of drug-likeness (QED) is 0.447. The average molecular weight is 511 g/mol. The highest BCUT2D eigenvalue weighted by molar-refractivity contribution is 6.06. The van der Waals surface area contributed by atoms with E-state index in [1.54, 1.807) is 19.4 Å². The third-order valence-electron chi connectivity index (χ3n) is 8.65. The van der Waals surface area contributed by atoms with Gasteiger partial charge in [-0.15, -0.1) is 0 Å². The van der Waals surface area contributed by atoms with Crippen molar-refractivity contribution in [1.82, 2.24) is 19.2 Å². The van der Waals surface area contributed by atoms with E-state index < -0.39 is 5.41 Å². The maximum atomic E-state index is 14.2. The number of likely N-dealkylation sites (N-methyl/N-ethyl adjacent to an activating group) is 1. The van der Waals surface area contributed by atoms with E-state index in [-0.39, 0.29) is 17.6 Å². The number of hydrogen-bond donors (Lipinski definition) is 0. The van der Waals surface area contributed by atoms with Crippen LogP contribution in [-0.2, 0) is 22.6 Å². The third kappa shape index (κ3) is 3.88. The lowest BCUT2D eigenvalue weighted by Gasteiger charge is -2.30. The zero-order valence-electron chi connectivity index (χ0n) is 22.3. The summed E-state index contributed by atoms with van der Waals surface area (Å²) < 4.78 is 3.84. The van der Waals surface area contributed by atoms with Crippen LogP contribution in [0.15, 0.2) is 59.2 Å². The lowest BCUT2D eigenvalue weighted by molar-refractivity contribution is -0.164. The average Bonchev–Trinajstić information content (AvgIpc) is 3.32. The monoisotopic (exact) mass is 510 g/mol. The largest absolute Gasteiger partial charge is 0.329 e. The van der Waals surface area contributed by atoms with Crippen LogP contribution in [0, 0.1) is 5.41 Å². The van der Waals surface area contributed by atoms with Crippen LogP contribution >= 0.6 is 0 Å². The Morgan fingerprint density at radius 1 is 1.11 bits per heavy atom. The predicted octanol–water partition coefficient (Wildman–Crippen LogP) is 5.12. The van der Waals surface area contributed by atoms with Crippen LogP contribution in [0.2, 0.25) is 0 Å². The van der Waals surface area contributed by atoms with Gasteiger partial charge in [-0.25, -0.2) is 9.86 Å². The maximum Gasteiger partial charge on any atom is 0.329 e. The molecule has 196 valence electrons. The lowest BCUT2D eigenvalue weighted by Crippen LogP contribution is -2.34. The molecule has 0 aliphatic heterocycles. The summed E-state index contributed by atoms with van der Waals surface area (Å²) in [6.07, 6.45) is 13.8. The van der Waals surface area contributed by atoms with E-state index in [1.807, 2.05) is 39.5 Å². The van der Waals surface area contributed by atoms with Crippen LogP contribution in [0.1, 0.15) is 73.1 Å². The molecule has 0 radical (unpaired) electrons. The fourth-order valence-corrected chi connectivity index (χ4v) is 6.58. The van der Waals surface area contributed by atoms with Gasteiger partial charge in [-0.1, -0.05) is 56.5 Å². The first-order valence-corrected chi connectivity index (χ1v) is 13.5. The van der Waals surface area contributed by atoms with Gasteiger partial charge in [-0.3, -0.25) is 23.8 Å². The molecule has 3 aliphatic rings. The maximum absolute atomic E-state index is 14.2. The zero-order chi connectivity index (χ0) is 26.4. The molecule has 3 aromatic rings. The molecule has 38 heavy (non-hydrogen) atoms. The third-order valence-corrected chi connectivity index (χ3v) is 8.65. The summed E-state index contributed by atoms with van der Waals surface area (Å²) in [5, 5.41) is 1.28. The number of hydrogen-bond acceptors (Lipinski definition) is 4. The summed E-state index contributed by atoms with van der Waals surface area (Å²) in [5.41, 5.74) is 6.10. The summed E-state index contributed by atoms with van der Waals surface area (Å²) in [5.74, 6) is -0.202. The number of fused-ring (bicyclic) bond motifs is 4. The van der Waals surface area contributed by atoms with Crippen LogP contribution in [0.3, 0.4) is 0 Å². The van der Waals surface area contributed by atoms with E-state index in [2.05, 4.69) is 30.1 Å². The minimum absolute atomic E-state index is 0.0272. The normalized spacial score (nSPS) is 20.6. The summed E-state index contributed by atoms with van der Waals surface area (Å²) in [6, 6.07) is 12.4. The molecule has 0 spiro atoms. The second-order valence-corrected chi connectivity index (χ2v) is 10.9. The molecular formula is C31H34N4O3. The number of benzene rings is 1. The molecule has 0 unspecified atom stereocenters. The number of nitrogens with zero attached hydrogens (tertiary/aromatic N) is 4. The topological polar surface area (TPSA) is 69.4 Å². The predicted molar refractivity (Wildman–Crippen MR) is 148 cm³/mol. The number of amides is 1. The number of hydroxylamine groups is 2. The molecule has 0 saturated heterocycles. The van der Waals surface area contributed by atoms with Gasteiger partial charge in [0.05, 0.1) is 25.0 Å². The Bertz CT molecular complexity index is 1510. The number of pyridine rings is 1. The van der Waals surface area contributed by atoms with Gasteiger partial charge in [0, 0.05) is 36.5 Å². The number of aromatic nitrogens is 3. The second-order valence-electron chi connectivity index (χ2n) is 10.9. The van der Waals surface area contributed by atoms with Gasteiger partial charge in [0.1, 0.15) is 0 Å². The molecule has 3 aliphatic carbocycles. The molecule has 6 rings (SSSR count). The summed E-state index contributed by atoms with van der Waals surface area (Å²) >= 11 is 0. The fraction of sp³-hybridized carbons (Fsp3) is 0.387. The van der Waals surface area contributed by atoms with Gasteiger partial charge in [-0.05, 0) is 59.7 Å². The SMILES string of the molecule is CON(C)C(=O)C1=Cc2c(n(C3CCCCC3)c(=O)n2Cc2cccnc2)C=C2c3ccccc3C[C@]12C. The van der Waals surface area contributed by atoms with Crippen LogP contribution < -0.4 is 5.69 Å². The van der Waals surface area contributed by atoms with Gasteiger partial charge in [0.25, 0.3) is 5.91 Å². The van der Waals surface area contributed by atoms with Crippen molar-refractivity contribution in [2.24, 2.45) is 5.41 Å². The molecule has 0 bridgehead atoms. The first-order valence-electron chi connectivity index (χ1n) is 13.5. The van der Waals surface area contributed by atoms with Crippen molar-refractivity contribution in [2.75, 3.05) is 14.2 Å². The van der Waals surface area contributed by atoms with Gasteiger partial charge >= 0.3 is 5.69 Å². The van der Waals surface area contributed by atoms with Crippen LogP contribution in [0.25, 0.3) is 17.7 Å².